The molecule has 1 aliphatic heterocycles. The summed E-state index contributed by atoms with van der Waals surface area (Å²) >= 11 is 0. The molecule has 2 rings (SSSR count). The Morgan fingerprint density at radius 2 is 1.67 bits per heavy atom. The maximum absolute atomic E-state index is 12.6. The summed E-state index contributed by atoms with van der Waals surface area (Å²) in [6.45, 7) is 6.69. The number of allylic oxidation sites excluding steroid dienone is 2. The fourth-order valence-electron chi connectivity index (χ4n) is 3.15. The van der Waals surface area contributed by atoms with Crippen LogP contribution in [-0.4, -0.2) is 32.9 Å². The largest absolute Gasteiger partial charge is 0.494 e. The van der Waals surface area contributed by atoms with Gasteiger partial charge in [0.1, 0.15) is 23.3 Å². The Morgan fingerprint density at radius 3 is 2.17 bits per heavy atom. The average molecular weight is 410 g/mol. The van der Waals surface area contributed by atoms with Crippen molar-refractivity contribution in [2.24, 2.45) is 0 Å². The van der Waals surface area contributed by atoms with Gasteiger partial charge in [-0.3, -0.25) is 23.9 Å². The summed E-state index contributed by atoms with van der Waals surface area (Å²) in [5, 5.41) is 28.9. The molecule has 0 spiro atoms. The number of carbonyl (C=O) groups excluding carboxylic acids is 2. The van der Waals surface area contributed by atoms with E-state index in [1.807, 2.05) is 12.1 Å². The lowest BCUT2D eigenvalue weighted by atomic mass is 9.95. The number of imide groups is 1. The number of aromatic hydroxyl groups is 1. The summed E-state index contributed by atoms with van der Waals surface area (Å²) in [6, 6.07) is 3.69. The molecule has 0 saturated heterocycles. The van der Waals surface area contributed by atoms with E-state index >= 15 is 0 Å². The van der Waals surface area contributed by atoms with Gasteiger partial charge < -0.3 is 11.3 Å². The van der Waals surface area contributed by atoms with Gasteiger partial charge in [-0.15, -0.1) is 0 Å². The smallest absolute Gasteiger partial charge is 0.271 e. The molecule has 1 aliphatic rings. The molecule has 0 bridgehead atoms. The van der Waals surface area contributed by atoms with Crippen LogP contribution in [0.5, 0.6) is 5.88 Å². The summed E-state index contributed by atoms with van der Waals surface area (Å²) in [6.07, 6.45) is 4.39. The van der Waals surface area contributed by atoms with E-state index in [0.717, 1.165) is 9.47 Å². The highest BCUT2D eigenvalue weighted by Gasteiger charge is 2.34. The van der Waals surface area contributed by atoms with Crippen LogP contribution in [0.25, 0.3) is 6.08 Å². The highest BCUT2D eigenvalue weighted by atomic mass is 16.3. The van der Waals surface area contributed by atoms with Crippen LogP contribution < -0.4 is 11.7 Å². The van der Waals surface area contributed by atoms with E-state index < -0.39 is 17.4 Å². The number of nitriles is 2. The molecule has 1 aromatic rings. The monoisotopic (exact) mass is 410 g/mol. The van der Waals surface area contributed by atoms with Gasteiger partial charge in [-0.05, 0) is 51.0 Å². The molecule has 156 valence electrons. The molecule has 0 saturated carbocycles. The lowest BCUT2D eigenvalue weighted by Gasteiger charge is -2.25. The highest BCUT2D eigenvalue weighted by Crippen LogP contribution is 2.26. The number of pyridine rings is 1. The zero-order valence-corrected chi connectivity index (χ0v) is 17.6. The van der Waals surface area contributed by atoms with Gasteiger partial charge in [-0.2, -0.15) is 10.5 Å². The first-order valence-electron chi connectivity index (χ1n) is 8.97. The molecule has 0 aliphatic carbocycles. The summed E-state index contributed by atoms with van der Waals surface area (Å²) in [4.78, 5) is 38.0. The molecular weight excluding hydrogens is 386 g/mol. The van der Waals surface area contributed by atoms with Crippen molar-refractivity contribution in [3.05, 3.63) is 55.9 Å². The third-order valence-electron chi connectivity index (χ3n) is 4.83. The maximum atomic E-state index is 12.6. The molecule has 2 amide bonds. The Bertz CT molecular complexity index is 1140. The quantitative estimate of drug-likeness (QED) is 0.571. The summed E-state index contributed by atoms with van der Waals surface area (Å²) < 4.78 is 1.08. The van der Waals surface area contributed by atoms with Crippen LogP contribution in [0.1, 0.15) is 37.5 Å². The van der Waals surface area contributed by atoms with Crippen LogP contribution in [0, 0.1) is 29.6 Å². The second kappa shape index (κ2) is 9.50. The summed E-state index contributed by atoms with van der Waals surface area (Å²) in [7, 11) is 0. The fraction of sp³-hybridized carbons (Fsp3) is 0.286. The molecule has 0 aromatic carbocycles. The lowest BCUT2D eigenvalue weighted by Crippen LogP contribution is -2.42. The zero-order valence-electron chi connectivity index (χ0n) is 17.6. The van der Waals surface area contributed by atoms with Crippen molar-refractivity contribution in [1.82, 2.24) is 15.6 Å². The molecule has 9 nitrogen and oxygen atoms in total. The van der Waals surface area contributed by atoms with Crippen LogP contribution in [0.3, 0.4) is 0 Å². The molecular formula is C21H24N5O4+. The number of hydrogen-bond acceptors (Lipinski definition) is 6. The second-order valence-electron chi connectivity index (χ2n) is 6.30. The SMILES string of the molecule is CCN1C(=O)C(=CC=Cc2c(C)c(C#N)c(=O)n(CC)c2O)C(C)=C(C#N)C1=O.[NH4+]. The zero-order chi connectivity index (χ0) is 21.9. The van der Waals surface area contributed by atoms with Crippen LogP contribution in [0.2, 0.25) is 0 Å². The molecule has 1 aromatic heterocycles. The standard InChI is InChI=1S/C21H20N4O4.H3N/c1-5-24-18(26)14(12(3)16(10-22)20(24)28)8-7-9-15-13(4)17(11-23)21(29)25(6-2)19(15)27;/h7-9,26H,5-6H2,1-4H3;1H3/p+1. The third-order valence-corrected chi connectivity index (χ3v) is 4.83. The molecule has 30 heavy (non-hydrogen) atoms. The number of hydrogen-bond donors (Lipinski definition) is 2. The minimum absolute atomic E-state index is 0. The molecule has 0 unspecified atom stereocenters. The van der Waals surface area contributed by atoms with E-state index in [4.69, 9.17) is 0 Å². The topological polar surface area (TPSA) is 164 Å². The van der Waals surface area contributed by atoms with Crippen molar-refractivity contribution >= 4 is 17.9 Å². The first-order valence-corrected chi connectivity index (χ1v) is 8.97. The van der Waals surface area contributed by atoms with Gasteiger partial charge in [0.25, 0.3) is 17.4 Å². The number of nitrogens with zero attached hydrogens (tertiary/aromatic N) is 4. The van der Waals surface area contributed by atoms with E-state index in [2.05, 4.69) is 0 Å². The number of quaternary nitrogens is 1. The number of carbonyl (C=O) groups is 2. The van der Waals surface area contributed by atoms with Gasteiger partial charge in [-0.25, -0.2) is 0 Å². The van der Waals surface area contributed by atoms with Gasteiger partial charge in [0.15, 0.2) is 0 Å². The van der Waals surface area contributed by atoms with E-state index in [1.165, 1.54) is 25.2 Å². The average Bonchev–Trinajstić information content (AvgIpc) is 2.68. The van der Waals surface area contributed by atoms with Gasteiger partial charge in [0.05, 0.1) is 0 Å². The Hall–Kier alpha value is -3.95. The Balaban J connectivity index is 0.00000450. The maximum Gasteiger partial charge on any atom is 0.271 e. The molecule has 5 N–H and O–H groups in total. The van der Waals surface area contributed by atoms with Crippen LogP contribution >= 0.6 is 0 Å². The lowest BCUT2D eigenvalue weighted by molar-refractivity contribution is -0.140. The van der Waals surface area contributed by atoms with E-state index in [0.29, 0.717) is 5.56 Å². The minimum atomic E-state index is -0.624. The normalized spacial score (nSPS) is 15.4. The number of likely N-dealkylation sites (N-methyl/N-ethyl adjacent to an activating group) is 1. The van der Waals surface area contributed by atoms with Crippen molar-refractivity contribution in [2.75, 3.05) is 6.54 Å². The van der Waals surface area contributed by atoms with Crippen molar-refractivity contribution < 1.29 is 14.7 Å². The fourth-order valence-corrected chi connectivity index (χ4v) is 3.15. The molecule has 0 fully saturated rings. The van der Waals surface area contributed by atoms with Gasteiger partial charge in [0.2, 0.25) is 5.88 Å². The van der Waals surface area contributed by atoms with Crippen molar-refractivity contribution in [3.63, 3.8) is 0 Å². The van der Waals surface area contributed by atoms with Crippen molar-refractivity contribution in [3.8, 4) is 18.0 Å². The van der Waals surface area contributed by atoms with Crippen molar-refractivity contribution in [2.45, 2.75) is 34.2 Å². The van der Waals surface area contributed by atoms with Crippen LogP contribution in [0.15, 0.2) is 33.7 Å². The van der Waals surface area contributed by atoms with E-state index in [9.17, 15) is 30.0 Å². The van der Waals surface area contributed by atoms with Gasteiger partial charge in [0, 0.05) is 24.2 Å². The molecule has 0 radical (unpaired) electrons. The van der Waals surface area contributed by atoms with Crippen LogP contribution in [-0.2, 0) is 16.1 Å². The Kier molecular flexibility index (Phi) is 7.63. The third kappa shape index (κ3) is 3.79. The predicted molar refractivity (Wildman–Crippen MR) is 111 cm³/mol. The second-order valence-corrected chi connectivity index (χ2v) is 6.30. The molecule has 9 heteroatoms. The first kappa shape index (κ1) is 24.1. The van der Waals surface area contributed by atoms with Crippen molar-refractivity contribution in [1.29, 1.82) is 10.5 Å². The molecule has 2 heterocycles. The van der Waals surface area contributed by atoms with Crippen LogP contribution in [0.4, 0.5) is 0 Å². The summed E-state index contributed by atoms with van der Waals surface area (Å²) in [5.41, 5.74) is 0.299. The van der Waals surface area contributed by atoms with Gasteiger partial charge in [-0.1, -0.05) is 6.08 Å². The highest BCUT2D eigenvalue weighted by molar-refractivity contribution is 6.18. The van der Waals surface area contributed by atoms with E-state index in [-0.39, 0.29) is 53.0 Å². The Morgan fingerprint density at radius 1 is 1.03 bits per heavy atom. The summed E-state index contributed by atoms with van der Waals surface area (Å²) in [5.74, 6) is -1.43. The Labute approximate surface area is 174 Å². The number of amides is 2. The predicted octanol–water partition coefficient (Wildman–Crippen LogP) is 2.30. The molecule has 0 atom stereocenters. The first-order chi connectivity index (χ1) is 13.7. The van der Waals surface area contributed by atoms with E-state index in [1.54, 1.807) is 20.8 Å². The number of aromatic nitrogens is 1. The number of rotatable bonds is 4. The minimum Gasteiger partial charge on any atom is -0.494 e. The van der Waals surface area contributed by atoms with Gasteiger partial charge >= 0.3 is 0 Å².